The molecule has 0 spiro atoms. The SMILES string of the molecule is COc1ccc(C2(c3cccc(-c4cccnc4)c3)COC(NOC=O)=N2)cc1C. The maximum atomic E-state index is 10.6. The first-order valence-corrected chi connectivity index (χ1v) is 9.40. The molecule has 1 aliphatic rings. The number of amidine groups is 1. The Bertz CT molecular complexity index is 1080. The third-order valence-corrected chi connectivity index (χ3v) is 5.11. The highest BCUT2D eigenvalue weighted by atomic mass is 16.7. The molecule has 0 amide bonds. The Morgan fingerprint density at radius 3 is 2.67 bits per heavy atom. The highest BCUT2D eigenvalue weighted by Crippen LogP contribution is 2.40. The van der Waals surface area contributed by atoms with Crippen LogP contribution in [0.2, 0.25) is 0 Å². The van der Waals surface area contributed by atoms with E-state index in [0.717, 1.165) is 33.6 Å². The van der Waals surface area contributed by atoms with E-state index < -0.39 is 5.54 Å². The maximum absolute atomic E-state index is 10.6. The van der Waals surface area contributed by atoms with Crippen molar-refractivity contribution in [2.24, 2.45) is 4.99 Å². The van der Waals surface area contributed by atoms with Gasteiger partial charge in [0.25, 0.3) is 0 Å². The van der Waals surface area contributed by atoms with E-state index in [9.17, 15) is 4.79 Å². The average Bonchev–Trinajstić information content (AvgIpc) is 3.24. The molecule has 1 aliphatic heterocycles. The number of hydrogen-bond acceptors (Lipinski definition) is 7. The predicted octanol–water partition coefficient (Wildman–Crippen LogP) is 3.37. The Hall–Kier alpha value is -3.87. The number of pyridine rings is 1. The molecule has 4 rings (SSSR count). The number of nitrogens with one attached hydrogen (secondary N) is 1. The smallest absolute Gasteiger partial charge is 0.320 e. The Kier molecular flexibility index (Phi) is 5.34. The number of aryl methyl sites for hydroxylation is 1. The number of ether oxygens (including phenoxy) is 2. The van der Waals surface area contributed by atoms with Gasteiger partial charge in [-0.1, -0.05) is 30.3 Å². The van der Waals surface area contributed by atoms with Crippen LogP contribution in [0.5, 0.6) is 5.75 Å². The van der Waals surface area contributed by atoms with Crippen LogP contribution in [0.25, 0.3) is 11.1 Å². The molecule has 0 fully saturated rings. The largest absolute Gasteiger partial charge is 0.496 e. The first kappa shape index (κ1) is 19.4. The van der Waals surface area contributed by atoms with Gasteiger partial charge in [0.1, 0.15) is 12.4 Å². The molecule has 30 heavy (non-hydrogen) atoms. The second kappa shape index (κ2) is 8.24. The van der Waals surface area contributed by atoms with Crippen LogP contribution in [-0.2, 0) is 19.9 Å². The van der Waals surface area contributed by atoms with Crippen LogP contribution < -0.4 is 10.2 Å². The number of rotatable bonds is 6. The maximum Gasteiger partial charge on any atom is 0.320 e. The molecule has 0 bridgehead atoms. The molecule has 1 N–H and O–H groups in total. The highest BCUT2D eigenvalue weighted by molar-refractivity contribution is 5.77. The van der Waals surface area contributed by atoms with Crippen LogP contribution >= 0.6 is 0 Å². The number of carbonyl (C=O) groups excluding carboxylic acids is 1. The van der Waals surface area contributed by atoms with E-state index in [1.807, 2.05) is 61.7 Å². The lowest BCUT2D eigenvalue weighted by molar-refractivity contribution is -0.132. The van der Waals surface area contributed by atoms with Gasteiger partial charge < -0.3 is 14.3 Å². The van der Waals surface area contributed by atoms with Crippen molar-refractivity contribution in [1.82, 2.24) is 10.5 Å². The van der Waals surface area contributed by atoms with Crippen molar-refractivity contribution < 1.29 is 19.1 Å². The summed E-state index contributed by atoms with van der Waals surface area (Å²) in [5.74, 6) is 0.795. The van der Waals surface area contributed by atoms with E-state index in [1.54, 1.807) is 13.3 Å². The number of aliphatic imine (C=N–C) groups is 1. The van der Waals surface area contributed by atoms with Crippen molar-refractivity contribution in [3.05, 3.63) is 83.7 Å². The normalized spacial score (nSPS) is 17.6. The van der Waals surface area contributed by atoms with E-state index in [2.05, 4.69) is 21.4 Å². The van der Waals surface area contributed by atoms with Crippen LogP contribution in [0.1, 0.15) is 16.7 Å². The monoisotopic (exact) mass is 403 g/mol. The van der Waals surface area contributed by atoms with Crippen LogP contribution in [0.4, 0.5) is 0 Å². The van der Waals surface area contributed by atoms with Crippen LogP contribution in [0, 0.1) is 6.92 Å². The van der Waals surface area contributed by atoms with Crippen molar-refractivity contribution >= 4 is 12.5 Å². The van der Waals surface area contributed by atoms with E-state index in [-0.39, 0.29) is 19.1 Å². The van der Waals surface area contributed by atoms with Crippen LogP contribution in [0.3, 0.4) is 0 Å². The zero-order valence-corrected chi connectivity index (χ0v) is 16.7. The topological polar surface area (TPSA) is 82.0 Å². The lowest BCUT2D eigenvalue weighted by Crippen LogP contribution is -2.27. The molecular formula is C23H21N3O4. The van der Waals surface area contributed by atoms with Gasteiger partial charge in [-0.2, -0.15) is 5.48 Å². The summed E-state index contributed by atoms with van der Waals surface area (Å²) < 4.78 is 11.1. The number of carbonyl (C=O) groups is 1. The van der Waals surface area contributed by atoms with Gasteiger partial charge in [-0.15, -0.1) is 0 Å². The highest BCUT2D eigenvalue weighted by Gasteiger charge is 2.41. The fourth-order valence-corrected chi connectivity index (χ4v) is 3.63. The van der Waals surface area contributed by atoms with E-state index in [0.29, 0.717) is 0 Å². The Labute approximate surface area is 174 Å². The molecule has 1 atom stereocenters. The molecule has 7 nitrogen and oxygen atoms in total. The molecule has 7 heteroatoms. The summed E-state index contributed by atoms with van der Waals surface area (Å²) in [5.41, 5.74) is 6.51. The van der Waals surface area contributed by atoms with Crippen molar-refractivity contribution in [2.75, 3.05) is 13.7 Å². The van der Waals surface area contributed by atoms with Gasteiger partial charge in [0.05, 0.1) is 7.11 Å². The number of hydroxylamine groups is 1. The van der Waals surface area contributed by atoms with E-state index in [1.165, 1.54) is 0 Å². The summed E-state index contributed by atoms with van der Waals surface area (Å²) in [7, 11) is 1.64. The molecule has 2 heterocycles. The third kappa shape index (κ3) is 3.57. The summed E-state index contributed by atoms with van der Waals surface area (Å²) in [4.78, 5) is 24.2. The number of methoxy groups -OCH3 is 1. The van der Waals surface area contributed by atoms with E-state index >= 15 is 0 Å². The molecule has 3 aromatic rings. The summed E-state index contributed by atoms with van der Waals surface area (Å²) in [6.07, 6.45) is 3.57. The Morgan fingerprint density at radius 1 is 1.10 bits per heavy atom. The molecular weight excluding hydrogens is 382 g/mol. The Balaban J connectivity index is 1.84. The molecule has 152 valence electrons. The lowest BCUT2D eigenvalue weighted by Gasteiger charge is -2.26. The fraction of sp³-hybridized carbons (Fsp3) is 0.174. The molecule has 1 aromatic heterocycles. The molecule has 0 saturated carbocycles. The minimum absolute atomic E-state index is 0.141. The summed E-state index contributed by atoms with van der Waals surface area (Å²) >= 11 is 0. The summed E-state index contributed by atoms with van der Waals surface area (Å²) in [5, 5.41) is 0. The zero-order valence-electron chi connectivity index (χ0n) is 16.7. The minimum atomic E-state index is -0.816. The average molecular weight is 403 g/mol. The molecule has 0 saturated heterocycles. The third-order valence-electron chi connectivity index (χ3n) is 5.11. The Morgan fingerprint density at radius 2 is 1.93 bits per heavy atom. The van der Waals surface area contributed by atoms with Gasteiger partial charge in [0.15, 0.2) is 5.54 Å². The first-order valence-electron chi connectivity index (χ1n) is 9.40. The van der Waals surface area contributed by atoms with Crippen molar-refractivity contribution in [3.8, 4) is 16.9 Å². The first-order chi connectivity index (χ1) is 14.7. The van der Waals surface area contributed by atoms with Gasteiger partial charge in [0, 0.05) is 12.4 Å². The van der Waals surface area contributed by atoms with Gasteiger partial charge in [-0.05, 0) is 59.0 Å². The van der Waals surface area contributed by atoms with Crippen molar-refractivity contribution in [1.29, 1.82) is 0 Å². The van der Waals surface area contributed by atoms with Crippen LogP contribution in [-0.4, -0.2) is 31.2 Å². The van der Waals surface area contributed by atoms with Crippen molar-refractivity contribution in [2.45, 2.75) is 12.5 Å². The van der Waals surface area contributed by atoms with Crippen molar-refractivity contribution in [3.63, 3.8) is 0 Å². The van der Waals surface area contributed by atoms with Gasteiger partial charge in [-0.3, -0.25) is 9.78 Å². The standard InChI is InChI=1S/C23H21N3O4/c1-16-11-20(8-9-21(16)28-2)23(14-29-22(25-23)26-30-15-27)19-7-3-5-17(12-19)18-6-4-10-24-13-18/h3-13,15H,14H2,1-2H3,(H,25,26). The molecule has 0 radical (unpaired) electrons. The lowest BCUT2D eigenvalue weighted by atomic mass is 9.82. The molecule has 0 aliphatic carbocycles. The molecule has 2 aromatic carbocycles. The number of benzene rings is 2. The number of nitrogens with zero attached hydrogens (tertiary/aromatic N) is 2. The van der Waals surface area contributed by atoms with Gasteiger partial charge in [-0.25, -0.2) is 4.99 Å². The second-order valence-corrected chi connectivity index (χ2v) is 6.89. The van der Waals surface area contributed by atoms with Crippen LogP contribution in [0.15, 0.2) is 72.0 Å². The van der Waals surface area contributed by atoms with Gasteiger partial charge >= 0.3 is 12.5 Å². The second-order valence-electron chi connectivity index (χ2n) is 6.89. The zero-order chi connectivity index (χ0) is 21.0. The van der Waals surface area contributed by atoms with E-state index in [4.69, 9.17) is 14.5 Å². The minimum Gasteiger partial charge on any atom is -0.496 e. The number of aromatic nitrogens is 1. The summed E-state index contributed by atoms with van der Waals surface area (Å²) in [6.45, 7) is 2.52. The number of hydrogen-bond donors (Lipinski definition) is 1. The quantitative estimate of drug-likeness (QED) is 0.502. The predicted molar refractivity (Wildman–Crippen MR) is 112 cm³/mol. The van der Waals surface area contributed by atoms with Gasteiger partial charge in [0.2, 0.25) is 0 Å². The fourth-order valence-electron chi connectivity index (χ4n) is 3.63. The molecule has 1 unspecified atom stereocenters. The summed E-state index contributed by atoms with van der Waals surface area (Å²) in [6, 6.07) is 18.1.